The number of benzene rings is 1. The molecule has 1 aliphatic rings. The van der Waals surface area contributed by atoms with Gasteiger partial charge in [0.25, 0.3) is 0 Å². The summed E-state index contributed by atoms with van der Waals surface area (Å²) >= 11 is 0. The maximum absolute atomic E-state index is 13.4. The fourth-order valence-corrected chi connectivity index (χ4v) is 2.79. The van der Waals surface area contributed by atoms with E-state index in [9.17, 15) is 9.18 Å². The molecule has 6 heteroatoms. The lowest BCUT2D eigenvalue weighted by Crippen LogP contribution is -2.46. The average molecular weight is 345 g/mol. The predicted molar refractivity (Wildman–Crippen MR) is 90.9 cm³/mol. The highest BCUT2D eigenvalue weighted by molar-refractivity contribution is 5.85. The molecule has 1 heterocycles. The number of ether oxygens (including phenoxy) is 1. The molecule has 0 spiro atoms. The minimum Gasteiger partial charge on any atom is -0.376 e. The highest BCUT2D eigenvalue weighted by atomic mass is 35.5. The zero-order valence-corrected chi connectivity index (χ0v) is 14.4. The monoisotopic (exact) mass is 344 g/mol. The molecule has 2 atom stereocenters. The molecule has 1 aromatic rings. The van der Waals surface area contributed by atoms with Crippen molar-refractivity contribution in [2.75, 3.05) is 13.2 Å². The van der Waals surface area contributed by atoms with Crippen LogP contribution in [0.2, 0.25) is 0 Å². The van der Waals surface area contributed by atoms with Gasteiger partial charge < -0.3 is 15.4 Å². The molecule has 1 aromatic carbocycles. The molecule has 0 bridgehead atoms. The molecular formula is C17H26ClFN2O2. The van der Waals surface area contributed by atoms with Crippen molar-refractivity contribution in [3.63, 3.8) is 0 Å². The van der Waals surface area contributed by atoms with Gasteiger partial charge >= 0.3 is 0 Å². The van der Waals surface area contributed by atoms with Crippen LogP contribution >= 0.6 is 12.4 Å². The topological polar surface area (TPSA) is 55.6 Å². The number of carbonyl (C=O) groups is 1. The van der Waals surface area contributed by atoms with Crippen LogP contribution in [0.25, 0.3) is 0 Å². The highest BCUT2D eigenvalue weighted by Crippen LogP contribution is 2.16. The van der Waals surface area contributed by atoms with E-state index in [0.29, 0.717) is 19.5 Å². The first-order valence-corrected chi connectivity index (χ1v) is 8.00. The van der Waals surface area contributed by atoms with Crippen LogP contribution in [0.15, 0.2) is 24.3 Å². The fourth-order valence-electron chi connectivity index (χ4n) is 2.79. The van der Waals surface area contributed by atoms with E-state index in [1.54, 1.807) is 11.0 Å². The van der Waals surface area contributed by atoms with Crippen LogP contribution in [-0.4, -0.2) is 36.1 Å². The van der Waals surface area contributed by atoms with Gasteiger partial charge in [0.2, 0.25) is 5.91 Å². The summed E-state index contributed by atoms with van der Waals surface area (Å²) < 4.78 is 19.0. The first kappa shape index (κ1) is 19.9. The zero-order valence-electron chi connectivity index (χ0n) is 13.5. The second-order valence-corrected chi connectivity index (χ2v) is 5.88. The Morgan fingerprint density at radius 2 is 2.30 bits per heavy atom. The van der Waals surface area contributed by atoms with E-state index >= 15 is 0 Å². The quantitative estimate of drug-likeness (QED) is 0.827. The third-order valence-corrected chi connectivity index (χ3v) is 3.94. The van der Waals surface area contributed by atoms with Crippen molar-refractivity contribution in [3.8, 4) is 0 Å². The molecule has 1 aliphatic heterocycles. The smallest absolute Gasteiger partial charge is 0.239 e. The van der Waals surface area contributed by atoms with Crippen LogP contribution < -0.4 is 5.73 Å². The van der Waals surface area contributed by atoms with Crippen molar-refractivity contribution in [1.29, 1.82) is 0 Å². The Hall–Kier alpha value is -1.17. The summed E-state index contributed by atoms with van der Waals surface area (Å²) in [5.41, 5.74) is 6.75. The number of nitrogens with zero attached hydrogens (tertiary/aromatic N) is 1. The van der Waals surface area contributed by atoms with Gasteiger partial charge in [-0.25, -0.2) is 4.39 Å². The predicted octanol–water partition coefficient (Wildman–Crippen LogP) is 2.88. The van der Waals surface area contributed by atoms with E-state index in [1.807, 2.05) is 13.0 Å². The summed E-state index contributed by atoms with van der Waals surface area (Å²) in [5.74, 6) is -0.374. The minimum absolute atomic E-state index is 0. The van der Waals surface area contributed by atoms with Gasteiger partial charge in [0.15, 0.2) is 0 Å². The number of halogens is 2. The molecule has 130 valence electrons. The number of hydrogen-bond donors (Lipinski definition) is 1. The molecule has 0 aliphatic carbocycles. The van der Waals surface area contributed by atoms with Crippen molar-refractivity contribution in [2.24, 2.45) is 5.73 Å². The Labute approximate surface area is 143 Å². The van der Waals surface area contributed by atoms with Crippen molar-refractivity contribution in [1.82, 2.24) is 4.90 Å². The first-order valence-electron chi connectivity index (χ1n) is 8.00. The molecule has 1 fully saturated rings. The number of rotatable bonds is 7. The van der Waals surface area contributed by atoms with E-state index in [4.69, 9.17) is 10.5 Å². The van der Waals surface area contributed by atoms with Gasteiger partial charge in [-0.15, -0.1) is 12.4 Å². The Morgan fingerprint density at radius 1 is 1.52 bits per heavy atom. The standard InChI is InChI=1S/C17H25FN2O2.ClH/c1-2-5-16(19)17(21)20(12-15-8-4-9-22-15)11-13-6-3-7-14(18)10-13;/h3,6-7,10,15-16H,2,4-5,8-9,11-12,19H2,1H3;1H. The Balaban J connectivity index is 0.00000264. The van der Waals surface area contributed by atoms with Crippen LogP contribution in [0, 0.1) is 5.82 Å². The lowest BCUT2D eigenvalue weighted by atomic mass is 10.1. The van der Waals surface area contributed by atoms with Gasteiger partial charge in [-0.1, -0.05) is 25.5 Å². The average Bonchev–Trinajstić information content (AvgIpc) is 2.99. The first-order chi connectivity index (χ1) is 10.6. The number of carbonyl (C=O) groups excluding carboxylic acids is 1. The fraction of sp³-hybridized carbons (Fsp3) is 0.588. The number of hydrogen-bond acceptors (Lipinski definition) is 3. The molecule has 0 radical (unpaired) electrons. The van der Waals surface area contributed by atoms with E-state index in [-0.39, 0.29) is 30.2 Å². The third kappa shape index (κ3) is 6.09. The summed E-state index contributed by atoms with van der Waals surface area (Å²) in [6.45, 7) is 3.64. The normalized spacial score (nSPS) is 18.3. The van der Waals surface area contributed by atoms with E-state index in [0.717, 1.165) is 31.4 Å². The van der Waals surface area contributed by atoms with Crippen LogP contribution in [0.3, 0.4) is 0 Å². The van der Waals surface area contributed by atoms with E-state index in [2.05, 4.69) is 0 Å². The number of nitrogens with two attached hydrogens (primary N) is 1. The maximum Gasteiger partial charge on any atom is 0.239 e. The van der Waals surface area contributed by atoms with Gasteiger partial charge in [-0.2, -0.15) is 0 Å². The summed E-state index contributed by atoms with van der Waals surface area (Å²) in [6, 6.07) is 5.84. The summed E-state index contributed by atoms with van der Waals surface area (Å²) in [5, 5.41) is 0. The van der Waals surface area contributed by atoms with Crippen molar-refractivity contribution < 1.29 is 13.9 Å². The van der Waals surface area contributed by atoms with Gasteiger partial charge in [0.1, 0.15) is 5.82 Å². The lowest BCUT2D eigenvalue weighted by molar-refractivity contribution is -0.135. The van der Waals surface area contributed by atoms with Crippen LogP contribution in [-0.2, 0) is 16.1 Å². The molecule has 2 unspecified atom stereocenters. The van der Waals surface area contributed by atoms with Crippen molar-refractivity contribution in [2.45, 2.75) is 51.3 Å². The lowest BCUT2D eigenvalue weighted by Gasteiger charge is -2.28. The Kier molecular flexibility index (Phi) is 8.52. The highest BCUT2D eigenvalue weighted by Gasteiger charge is 2.25. The molecule has 1 saturated heterocycles. The summed E-state index contributed by atoms with van der Waals surface area (Å²) in [7, 11) is 0. The minimum atomic E-state index is -0.500. The number of amides is 1. The van der Waals surface area contributed by atoms with Crippen LogP contribution in [0.5, 0.6) is 0 Å². The molecule has 2 N–H and O–H groups in total. The molecule has 2 rings (SSSR count). The van der Waals surface area contributed by atoms with Crippen LogP contribution in [0.1, 0.15) is 38.2 Å². The Bertz CT molecular complexity index is 495. The maximum atomic E-state index is 13.4. The SMILES string of the molecule is CCCC(N)C(=O)N(Cc1cccc(F)c1)CC1CCCO1.Cl. The van der Waals surface area contributed by atoms with Crippen molar-refractivity contribution in [3.05, 3.63) is 35.6 Å². The third-order valence-electron chi connectivity index (χ3n) is 3.94. The molecule has 0 saturated carbocycles. The summed E-state index contributed by atoms with van der Waals surface area (Å²) in [4.78, 5) is 14.3. The molecule has 4 nitrogen and oxygen atoms in total. The van der Waals surface area contributed by atoms with Crippen LogP contribution in [0.4, 0.5) is 4.39 Å². The van der Waals surface area contributed by atoms with Gasteiger partial charge in [-0.3, -0.25) is 4.79 Å². The van der Waals surface area contributed by atoms with E-state index < -0.39 is 6.04 Å². The molecular weight excluding hydrogens is 319 g/mol. The molecule has 0 aromatic heterocycles. The summed E-state index contributed by atoms with van der Waals surface area (Å²) in [6.07, 6.45) is 3.56. The molecule has 23 heavy (non-hydrogen) atoms. The van der Waals surface area contributed by atoms with Gasteiger partial charge in [-0.05, 0) is 37.0 Å². The molecule has 1 amide bonds. The second kappa shape index (κ2) is 9.85. The van der Waals surface area contributed by atoms with Gasteiger partial charge in [0.05, 0.1) is 12.1 Å². The van der Waals surface area contributed by atoms with E-state index in [1.165, 1.54) is 12.1 Å². The van der Waals surface area contributed by atoms with Gasteiger partial charge in [0, 0.05) is 19.7 Å². The zero-order chi connectivity index (χ0) is 15.9. The Morgan fingerprint density at radius 3 is 2.91 bits per heavy atom. The van der Waals surface area contributed by atoms with Crippen molar-refractivity contribution >= 4 is 18.3 Å². The second-order valence-electron chi connectivity index (χ2n) is 5.88. The largest absolute Gasteiger partial charge is 0.376 e.